The summed E-state index contributed by atoms with van der Waals surface area (Å²) in [6.07, 6.45) is 0.751. The maximum Gasteiger partial charge on any atom is 0.227 e. The standard InChI is InChI=1S/C16H21N3O2/c1-11(2)9-15-18-14(19-21-15)10-17-16(20)12(3)13-7-5-4-6-8-13/h4-8,11-12H,9-10H2,1-3H3,(H,17,20)/t12-/m1/s1. The van der Waals surface area contributed by atoms with Crippen molar-refractivity contribution >= 4 is 5.91 Å². The van der Waals surface area contributed by atoms with Crippen molar-refractivity contribution in [2.24, 2.45) is 5.92 Å². The minimum atomic E-state index is -0.201. The molecule has 1 heterocycles. The van der Waals surface area contributed by atoms with Gasteiger partial charge in [0.1, 0.15) is 0 Å². The fourth-order valence-corrected chi connectivity index (χ4v) is 2.01. The van der Waals surface area contributed by atoms with Gasteiger partial charge in [0.05, 0.1) is 12.5 Å². The first-order chi connectivity index (χ1) is 10.1. The van der Waals surface area contributed by atoms with Crippen molar-refractivity contribution in [1.29, 1.82) is 0 Å². The van der Waals surface area contributed by atoms with Crippen LogP contribution in [0.25, 0.3) is 0 Å². The molecule has 0 saturated heterocycles. The van der Waals surface area contributed by atoms with Gasteiger partial charge in [-0.25, -0.2) is 0 Å². The van der Waals surface area contributed by atoms with Crippen LogP contribution in [0.4, 0.5) is 0 Å². The molecule has 1 aromatic carbocycles. The summed E-state index contributed by atoms with van der Waals surface area (Å²) >= 11 is 0. The Morgan fingerprint density at radius 1 is 1.24 bits per heavy atom. The molecule has 0 fully saturated rings. The molecule has 0 aliphatic rings. The first-order valence-corrected chi connectivity index (χ1v) is 7.20. The SMILES string of the molecule is CC(C)Cc1nc(CNC(=O)[C@H](C)c2ccccc2)no1. The highest BCUT2D eigenvalue weighted by atomic mass is 16.5. The normalized spacial score (nSPS) is 12.4. The van der Waals surface area contributed by atoms with Gasteiger partial charge in [-0.05, 0) is 18.4 Å². The lowest BCUT2D eigenvalue weighted by molar-refractivity contribution is -0.122. The Morgan fingerprint density at radius 3 is 2.62 bits per heavy atom. The predicted octanol–water partition coefficient (Wildman–Crippen LogP) is 2.69. The zero-order valence-corrected chi connectivity index (χ0v) is 12.7. The molecule has 1 aromatic heterocycles. The van der Waals surface area contributed by atoms with Crippen LogP contribution >= 0.6 is 0 Å². The van der Waals surface area contributed by atoms with Crippen LogP contribution in [0.3, 0.4) is 0 Å². The van der Waals surface area contributed by atoms with Crippen molar-refractivity contribution in [2.45, 2.75) is 39.7 Å². The van der Waals surface area contributed by atoms with Crippen molar-refractivity contribution < 1.29 is 9.32 Å². The number of hydrogen-bond acceptors (Lipinski definition) is 4. The summed E-state index contributed by atoms with van der Waals surface area (Å²) in [7, 11) is 0. The summed E-state index contributed by atoms with van der Waals surface area (Å²) in [5.41, 5.74) is 0.989. The Kier molecular flexibility index (Phi) is 5.09. The lowest BCUT2D eigenvalue weighted by Gasteiger charge is -2.11. The van der Waals surface area contributed by atoms with E-state index < -0.39 is 0 Å². The largest absolute Gasteiger partial charge is 0.348 e. The lowest BCUT2D eigenvalue weighted by Crippen LogP contribution is -2.27. The number of carbonyl (C=O) groups is 1. The number of aromatic nitrogens is 2. The summed E-state index contributed by atoms with van der Waals surface area (Å²) < 4.78 is 5.14. The average Bonchev–Trinajstić information content (AvgIpc) is 2.91. The minimum Gasteiger partial charge on any atom is -0.348 e. The van der Waals surface area contributed by atoms with Gasteiger partial charge in [-0.15, -0.1) is 0 Å². The number of amides is 1. The summed E-state index contributed by atoms with van der Waals surface area (Å²) in [6, 6.07) is 9.68. The fourth-order valence-electron chi connectivity index (χ4n) is 2.01. The van der Waals surface area contributed by atoms with Crippen LogP contribution in [0, 0.1) is 5.92 Å². The topological polar surface area (TPSA) is 68.0 Å². The van der Waals surface area contributed by atoms with E-state index >= 15 is 0 Å². The van der Waals surface area contributed by atoms with E-state index in [2.05, 4.69) is 29.3 Å². The van der Waals surface area contributed by atoms with Gasteiger partial charge in [0.15, 0.2) is 5.82 Å². The van der Waals surface area contributed by atoms with Crippen molar-refractivity contribution in [1.82, 2.24) is 15.5 Å². The van der Waals surface area contributed by atoms with Gasteiger partial charge in [-0.1, -0.05) is 49.3 Å². The molecule has 1 N–H and O–H groups in total. The average molecular weight is 287 g/mol. The van der Waals surface area contributed by atoms with Crippen molar-refractivity contribution in [3.63, 3.8) is 0 Å². The van der Waals surface area contributed by atoms with Crippen molar-refractivity contribution in [2.75, 3.05) is 0 Å². The molecule has 112 valence electrons. The van der Waals surface area contributed by atoms with Crippen LogP contribution in [0.5, 0.6) is 0 Å². The highest BCUT2D eigenvalue weighted by Gasteiger charge is 2.15. The van der Waals surface area contributed by atoms with Crippen molar-refractivity contribution in [3.05, 3.63) is 47.6 Å². The van der Waals surface area contributed by atoms with E-state index in [1.54, 1.807) is 0 Å². The Bertz CT molecular complexity index is 578. The van der Waals surface area contributed by atoms with Crippen LogP contribution < -0.4 is 5.32 Å². The smallest absolute Gasteiger partial charge is 0.227 e. The molecule has 21 heavy (non-hydrogen) atoms. The van der Waals surface area contributed by atoms with Gasteiger partial charge in [-0.3, -0.25) is 4.79 Å². The zero-order valence-electron chi connectivity index (χ0n) is 12.7. The van der Waals surface area contributed by atoms with Gasteiger partial charge in [0, 0.05) is 6.42 Å². The Hall–Kier alpha value is -2.17. The predicted molar refractivity (Wildman–Crippen MR) is 79.5 cm³/mol. The Morgan fingerprint density at radius 2 is 1.95 bits per heavy atom. The van der Waals surface area contributed by atoms with Crippen LogP contribution in [0.2, 0.25) is 0 Å². The molecule has 5 heteroatoms. The van der Waals surface area contributed by atoms with E-state index in [0.29, 0.717) is 17.6 Å². The van der Waals surface area contributed by atoms with E-state index in [0.717, 1.165) is 12.0 Å². The molecule has 2 aromatic rings. The number of rotatable bonds is 6. The zero-order chi connectivity index (χ0) is 15.2. The van der Waals surface area contributed by atoms with E-state index in [-0.39, 0.29) is 18.4 Å². The van der Waals surface area contributed by atoms with E-state index in [1.165, 1.54) is 0 Å². The second-order valence-corrected chi connectivity index (χ2v) is 5.55. The molecular weight excluding hydrogens is 266 g/mol. The maximum absolute atomic E-state index is 12.1. The molecule has 2 rings (SSSR count). The van der Waals surface area contributed by atoms with Crippen molar-refractivity contribution in [3.8, 4) is 0 Å². The molecule has 0 unspecified atom stereocenters. The first kappa shape index (κ1) is 15.2. The molecule has 5 nitrogen and oxygen atoms in total. The van der Waals surface area contributed by atoms with Gasteiger partial charge in [0.25, 0.3) is 0 Å². The summed E-state index contributed by atoms with van der Waals surface area (Å²) in [5, 5.41) is 6.71. The second-order valence-electron chi connectivity index (χ2n) is 5.55. The number of benzene rings is 1. The first-order valence-electron chi connectivity index (χ1n) is 7.20. The highest BCUT2D eigenvalue weighted by molar-refractivity contribution is 5.83. The molecule has 1 atom stereocenters. The van der Waals surface area contributed by atoms with Gasteiger partial charge < -0.3 is 9.84 Å². The summed E-state index contributed by atoms with van der Waals surface area (Å²) in [4.78, 5) is 16.4. The van der Waals surface area contributed by atoms with Crippen LogP contribution in [0.15, 0.2) is 34.9 Å². The summed E-state index contributed by atoms with van der Waals surface area (Å²) in [6.45, 7) is 6.35. The number of nitrogens with zero attached hydrogens (tertiary/aromatic N) is 2. The third-order valence-corrected chi connectivity index (χ3v) is 3.21. The minimum absolute atomic E-state index is 0.0450. The molecular formula is C16H21N3O2. The second kappa shape index (κ2) is 7.02. The van der Waals surface area contributed by atoms with E-state index in [9.17, 15) is 4.79 Å². The van der Waals surface area contributed by atoms with Gasteiger partial charge in [0.2, 0.25) is 11.8 Å². The van der Waals surface area contributed by atoms with Crippen LogP contribution in [-0.4, -0.2) is 16.0 Å². The number of nitrogens with one attached hydrogen (secondary N) is 1. The number of hydrogen-bond donors (Lipinski definition) is 1. The Labute approximate surface area is 124 Å². The summed E-state index contributed by atoms with van der Waals surface area (Å²) in [5.74, 6) is 1.35. The monoisotopic (exact) mass is 287 g/mol. The molecule has 0 spiro atoms. The highest BCUT2D eigenvalue weighted by Crippen LogP contribution is 2.14. The molecule has 0 bridgehead atoms. The molecule has 1 amide bonds. The molecule has 0 aliphatic carbocycles. The lowest BCUT2D eigenvalue weighted by atomic mass is 10.0. The number of carbonyl (C=O) groups excluding carboxylic acids is 1. The maximum atomic E-state index is 12.1. The Balaban J connectivity index is 1.88. The van der Waals surface area contributed by atoms with Gasteiger partial charge >= 0.3 is 0 Å². The van der Waals surface area contributed by atoms with Crippen LogP contribution in [-0.2, 0) is 17.8 Å². The fraction of sp³-hybridized carbons (Fsp3) is 0.438. The van der Waals surface area contributed by atoms with Crippen LogP contribution in [0.1, 0.15) is 44.0 Å². The van der Waals surface area contributed by atoms with E-state index in [4.69, 9.17) is 4.52 Å². The third kappa shape index (κ3) is 4.41. The molecule has 0 aliphatic heterocycles. The van der Waals surface area contributed by atoms with E-state index in [1.807, 2.05) is 37.3 Å². The third-order valence-electron chi connectivity index (χ3n) is 3.21. The molecule has 0 radical (unpaired) electrons. The van der Waals surface area contributed by atoms with Gasteiger partial charge in [-0.2, -0.15) is 4.98 Å². The quantitative estimate of drug-likeness (QED) is 0.887. The molecule has 0 saturated carbocycles.